The van der Waals surface area contributed by atoms with E-state index in [2.05, 4.69) is 110 Å². The number of benzene rings is 2. The Kier molecular flexibility index (Phi) is 33.5. The summed E-state index contributed by atoms with van der Waals surface area (Å²) in [5, 5.41) is 8.99. The molecule has 76 heavy (non-hydrogen) atoms. The van der Waals surface area contributed by atoms with E-state index in [-0.39, 0.29) is 59.0 Å². The van der Waals surface area contributed by atoms with Gasteiger partial charge in [-0.05, 0) is 126 Å². The Hall–Kier alpha value is -0.481. The number of Topliss-reactive ketones (excluding diaryl/α,β-unsaturated/α-hetero) is 3. The van der Waals surface area contributed by atoms with Crippen molar-refractivity contribution in [2.45, 2.75) is 140 Å². The zero-order valence-corrected chi connectivity index (χ0v) is 58.1. The van der Waals surface area contributed by atoms with E-state index in [1.165, 1.54) is 20.3 Å². The Labute approximate surface area is 517 Å². The van der Waals surface area contributed by atoms with E-state index in [0.717, 1.165) is 88.3 Å². The second kappa shape index (κ2) is 35.5. The van der Waals surface area contributed by atoms with Crippen molar-refractivity contribution in [1.29, 1.82) is 0 Å². The Bertz CT molecular complexity index is 2780. The number of H-pyrrole nitrogens is 2. The number of carboxylic acid groups (broad SMARTS) is 1. The summed E-state index contributed by atoms with van der Waals surface area (Å²) in [4.78, 5) is 54.7. The van der Waals surface area contributed by atoms with Crippen LogP contribution in [0.2, 0.25) is 0 Å². The van der Waals surface area contributed by atoms with Gasteiger partial charge in [0.15, 0.2) is 17.3 Å². The van der Waals surface area contributed by atoms with Crippen molar-refractivity contribution in [3.05, 3.63) is 94.4 Å². The first kappa shape index (κ1) is 71.6. The maximum absolute atomic E-state index is 13.3. The zero-order valence-electron chi connectivity index (χ0n) is 42.9. The standard InChI is InChI=1S/C25H32N2O5S.C13H20N2O3S.C11H13NO3.CH4.CH3.5HI.2V/c1-17-24-20(9-5-6-10-21(24)28)25(26-17)22(29)16-18-15-19(11-12-23(18)32-2)33(30,31)27-13-7-3-4-8-14-27;1-18-13-7-6-11(10-12(13)14)19(16,17)15-8-4-2-3-5-9-15;1-6-9-7(10(12-6)11(14)15)4-2-3-5-8(9)13;;;;;;;;;/h11-12,15,26H,3-10,13-14,16H2,1-2H3;6-7,10H,2-5,8-9,14H2,1H3;12H,2-5H2,1H3,(H,14,15);1H4;1H3;5*1H;;/q;;;;-1;;;;;;+2;+3/p-5. The van der Waals surface area contributed by atoms with Crippen LogP contribution in [0.3, 0.4) is 0 Å². The Morgan fingerprint density at radius 1 is 0.658 bits per heavy atom. The molecule has 2 fully saturated rings. The molecule has 0 atom stereocenters. The van der Waals surface area contributed by atoms with Gasteiger partial charge in [-0.2, -0.15) is 8.61 Å². The number of rotatable bonds is 10. The molecule has 425 valence electrons. The van der Waals surface area contributed by atoms with Gasteiger partial charge in [-0.25, -0.2) is 21.6 Å². The number of carboxylic acids is 1. The molecule has 2 aromatic carbocycles. The summed E-state index contributed by atoms with van der Waals surface area (Å²) in [5.74, 6) is -0.0219. The minimum atomic E-state index is -3.64. The van der Waals surface area contributed by atoms with Crippen LogP contribution in [0.25, 0.3) is 0 Å². The number of nitrogens with two attached hydrogens (primary N) is 1. The van der Waals surface area contributed by atoms with Crippen molar-refractivity contribution in [3.63, 3.8) is 0 Å². The van der Waals surface area contributed by atoms with Gasteiger partial charge in [-0.3, -0.25) is 14.4 Å². The third kappa shape index (κ3) is 20.4. The number of sulfonamides is 2. The zero-order chi connectivity index (χ0) is 54.8. The topological polar surface area (TPSA) is 239 Å². The first-order chi connectivity index (χ1) is 35.1. The number of nitrogen functional groups attached to an aromatic ring is 1. The third-order valence-corrected chi connectivity index (χ3v) is 16.8. The van der Waals surface area contributed by atoms with Crippen LogP contribution < -0.4 is 15.2 Å². The van der Waals surface area contributed by atoms with Gasteiger partial charge in [0.25, 0.3) is 0 Å². The van der Waals surface area contributed by atoms with Gasteiger partial charge < -0.3 is 37.7 Å². The maximum atomic E-state index is 13.3. The van der Waals surface area contributed by atoms with E-state index in [0.29, 0.717) is 112 Å². The Morgan fingerprint density at radius 3 is 1.42 bits per heavy atom. The van der Waals surface area contributed by atoms with Crippen LogP contribution in [0.4, 0.5) is 5.69 Å². The fourth-order valence-electron chi connectivity index (χ4n) is 9.50. The van der Waals surface area contributed by atoms with Crippen LogP contribution in [-0.4, -0.2) is 104 Å². The van der Waals surface area contributed by atoms with Gasteiger partial charge in [0, 0.05) is 73.5 Å². The molecule has 2 aromatic heterocycles. The van der Waals surface area contributed by atoms with E-state index < -0.39 is 26.0 Å². The summed E-state index contributed by atoms with van der Waals surface area (Å²) in [6.07, 6.45) is 13.7. The molecular weight excluding hydrogens is 1660 g/mol. The molecule has 16 nitrogen and oxygen atoms in total. The molecule has 0 amide bonds. The predicted octanol–water partition coefficient (Wildman–Crippen LogP) is 13.5. The van der Waals surface area contributed by atoms with Crippen LogP contribution in [0.1, 0.15) is 167 Å². The molecule has 25 heteroatoms. The first-order valence-electron chi connectivity index (χ1n) is 24.2. The number of aryl methyl sites for hydroxylation is 2. The Balaban J connectivity index is 0.000000390. The molecule has 8 rings (SSSR count). The van der Waals surface area contributed by atoms with Crippen LogP contribution in [0, 0.1) is 21.3 Å². The normalized spacial score (nSPS) is 16.0. The van der Waals surface area contributed by atoms with Crippen molar-refractivity contribution >= 4 is 149 Å². The molecule has 0 unspecified atom stereocenters. The summed E-state index contributed by atoms with van der Waals surface area (Å²) in [6.45, 7) is 5.81. The van der Waals surface area contributed by atoms with Crippen LogP contribution in [-0.2, 0) is 53.7 Å². The number of methoxy groups -OCH3 is 2. The molecule has 4 aromatic rings. The molecule has 4 aliphatic rings. The SMILES string of the molecule is C.COc1ccc(S(=O)(=O)N2CCCCCC2)cc1CC(=O)c1[nH]c(C)c2c1CCCCC2=O.COc1ccc(S(=O)(=O)N2CCCCCC2)cc1N.Cc1[nH]c(C(=O)O)c2c1C(=O)CCCC2.[CH3-].[I][V]([I])[I].[I][V][I]. The molecule has 0 spiro atoms. The molecule has 2 aliphatic carbocycles. The fraction of sp³-hybridized carbons (Fsp3) is 0.510. The number of aromatic amines is 2. The van der Waals surface area contributed by atoms with Gasteiger partial charge in [0.1, 0.15) is 17.2 Å². The summed E-state index contributed by atoms with van der Waals surface area (Å²) in [5.41, 5.74) is 11.5. The fourth-order valence-corrected chi connectivity index (χ4v) is 12.6. The average Bonchev–Trinajstić information content (AvgIpc) is 3.62. The molecule has 5 N–H and O–H groups in total. The number of aromatic carboxylic acids is 1. The van der Waals surface area contributed by atoms with Crippen molar-refractivity contribution in [2.75, 3.05) is 46.1 Å². The summed E-state index contributed by atoms with van der Waals surface area (Å²) < 4.78 is 65.2. The predicted molar refractivity (Wildman–Crippen MR) is 338 cm³/mol. The second-order valence-electron chi connectivity index (χ2n) is 17.9. The average molecular weight is 1730 g/mol. The number of hydrogen-bond acceptors (Lipinski definition) is 11. The quantitative estimate of drug-likeness (QED) is 0.0381. The summed E-state index contributed by atoms with van der Waals surface area (Å²) >= 11 is 12.1. The van der Waals surface area contributed by atoms with E-state index >= 15 is 0 Å². The van der Waals surface area contributed by atoms with Crippen molar-refractivity contribution < 1.29 is 65.0 Å². The number of carbonyl (C=O) groups is 4. The molecule has 0 radical (unpaired) electrons. The first-order valence-corrected chi connectivity index (χ1v) is 49.6. The number of ether oxygens (including phenoxy) is 2. The van der Waals surface area contributed by atoms with Gasteiger partial charge in [-0.1, -0.05) is 33.1 Å². The number of ketones is 3. The van der Waals surface area contributed by atoms with Gasteiger partial charge in [0.2, 0.25) is 20.0 Å². The van der Waals surface area contributed by atoms with Gasteiger partial charge in [0.05, 0.1) is 35.4 Å². The van der Waals surface area contributed by atoms with Crippen LogP contribution in [0.15, 0.2) is 46.2 Å². The molecule has 0 saturated carbocycles. The number of hydrogen-bond donors (Lipinski definition) is 4. The minimum absolute atomic E-state index is 0. The van der Waals surface area contributed by atoms with E-state index in [9.17, 15) is 36.0 Å². The number of nitrogens with one attached hydrogen (secondary N) is 2. The molecule has 4 heterocycles. The van der Waals surface area contributed by atoms with Gasteiger partial charge >= 0.3 is 120 Å². The van der Waals surface area contributed by atoms with E-state index in [1.807, 2.05) is 6.92 Å². The molecule has 2 aliphatic heterocycles. The molecule has 0 bridgehead atoms. The number of aromatic nitrogens is 2. The number of nitrogens with zero attached hydrogens (tertiary/aromatic N) is 2. The molecule has 2 saturated heterocycles. The second-order valence-corrected chi connectivity index (χ2v) is 68.9. The number of anilines is 1. The molecular formula is C51H72I5N5O11S2V2-. The monoisotopic (exact) mass is 1730 g/mol. The summed E-state index contributed by atoms with van der Waals surface area (Å²) in [7, 11) is -3.43. The van der Waals surface area contributed by atoms with Crippen LogP contribution >= 0.6 is 99.9 Å². The number of carbonyl (C=O) groups excluding carboxylic acids is 3. The van der Waals surface area contributed by atoms with Gasteiger partial charge in [-0.15, -0.1) is 0 Å². The van der Waals surface area contributed by atoms with Crippen molar-refractivity contribution in [2.24, 2.45) is 0 Å². The number of fused-ring (bicyclic) bond motifs is 2. The van der Waals surface area contributed by atoms with Crippen LogP contribution in [0.5, 0.6) is 11.5 Å². The summed E-state index contributed by atoms with van der Waals surface area (Å²) in [6, 6.07) is 9.36. The van der Waals surface area contributed by atoms with Crippen molar-refractivity contribution in [1.82, 2.24) is 18.6 Å². The van der Waals surface area contributed by atoms with E-state index in [1.54, 1.807) is 45.9 Å². The Morgan fingerprint density at radius 2 is 1.03 bits per heavy atom. The third-order valence-electron chi connectivity index (χ3n) is 13.0. The van der Waals surface area contributed by atoms with E-state index in [4.69, 9.17) is 20.3 Å². The van der Waals surface area contributed by atoms with Crippen molar-refractivity contribution in [3.8, 4) is 11.5 Å². The number of halogens is 5.